The third-order valence-electron chi connectivity index (χ3n) is 8.93. The molecule has 13 nitrogen and oxygen atoms in total. The smallest absolute Gasteiger partial charge is 0.410 e. The molecule has 14 heteroatoms. The highest BCUT2D eigenvalue weighted by atomic mass is 32.1. The highest BCUT2D eigenvalue weighted by Crippen LogP contribution is 2.33. The number of amides is 3. The van der Waals surface area contributed by atoms with E-state index in [0.717, 1.165) is 47.8 Å². The van der Waals surface area contributed by atoms with Crippen molar-refractivity contribution in [2.24, 2.45) is 5.92 Å². The summed E-state index contributed by atoms with van der Waals surface area (Å²) in [4.78, 5) is 50.5. The molecule has 2 saturated heterocycles. The highest BCUT2D eigenvalue weighted by Gasteiger charge is 2.43. The van der Waals surface area contributed by atoms with E-state index in [1.54, 1.807) is 22.3 Å². The zero-order valence-corrected chi connectivity index (χ0v) is 30.7. The Kier molecular flexibility index (Phi) is 12.2. The number of nitrogens with zero attached hydrogens (tertiary/aromatic N) is 5. The summed E-state index contributed by atoms with van der Waals surface area (Å²) in [6, 6.07) is 8.79. The minimum atomic E-state index is -0.807. The van der Waals surface area contributed by atoms with E-state index in [4.69, 9.17) is 14.0 Å². The first-order chi connectivity index (χ1) is 23.8. The van der Waals surface area contributed by atoms with Gasteiger partial charge in [-0.1, -0.05) is 38.1 Å². The molecule has 0 aliphatic carbocycles. The number of likely N-dealkylation sites (tertiary alicyclic amines) is 1. The van der Waals surface area contributed by atoms with Crippen molar-refractivity contribution in [3.8, 4) is 16.3 Å². The van der Waals surface area contributed by atoms with Crippen molar-refractivity contribution in [2.75, 3.05) is 45.9 Å². The number of carbonyl (C=O) groups excluding carboxylic acids is 3. The first kappa shape index (κ1) is 37.3. The summed E-state index contributed by atoms with van der Waals surface area (Å²) in [5.74, 6) is -0.827. The number of aliphatic hydroxyl groups is 1. The van der Waals surface area contributed by atoms with E-state index in [1.807, 2.05) is 71.3 Å². The van der Waals surface area contributed by atoms with Crippen LogP contribution in [0.15, 0.2) is 40.4 Å². The molecule has 3 aromatic rings. The number of aryl methyl sites for hydroxylation is 1. The predicted octanol–water partition coefficient (Wildman–Crippen LogP) is 4.45. The minimum Gasteiger partial charge on any atom is -0.475 e. The quantitative estimate of drug-likeness (QED) is 0.258. The molecular formula is C36H50N6O7S. The van der Waals surface area contributed by atoms with Crippen molar-refractivity contribution >= 4 is 29.2 Å². The van der Waals surface area contributed by atoms with Crippen molar-refractivity contribution in [3.63, 3.8) is 0 Å². The number of nitrogens with one attached hydrogen (secondary N) is 1. The summed E-state index contributed by atoms with van der Waals surface area (Å²) in [6.07, 6.45) is -0.175. The number of ether oxygens (including phenoxy) is 2. The van der Waals surface area contributed by atoms with Gasteiger partial charge in [0.2, 0.25) is 11.8 Å². The maximum absolute atomic E-state index is 13.9. The number of aromatic nitrogens is 2. The molecule has 2 fully saturated rings. The lowest BCUT2D eigenvalue weighted by molar-refractivity contribution is -0.141. The number of carbonyl (C=O) groups is 3. The molecule has 4 heterocycles. The van der Waals surface area contributed by atoms with Crippen molar-refractivity contribution in [1.82, 2.24) is 30.2 Å². The van der Waals surface area contributed by atoms with Crippen molar-refractivity contribution in [1.29, 1.82) is 0 Å². The molecule has 5 rings (SSSR count). The Hall–Kier alpha value is -4.01. The third-order valence-corrected chi connectivity index (χ3v) is 9.91. The molecule has 3 amide bonds. The molecular weight excluding hydrogens is 660 g/mol. The summed E-state index contributed by atoms with van der Waals surface area (Å²) in [5.41, 5.74) is 4.29. The monoisotopic (exact) mass is 710 g/mol. The average molecular weight is 711 g/mol. The first-order valence-corrected chi connectivity index (χ1v) is 18.2. The van der Waals surface area contributed by atoms with Crippen LogP contribution in [0.2, 0.25) is 0 Å². The Morgan fingerprint density at radius 1 is 1.12 bits per heavy atom. The Bertz CT molecular complexity index is 1590. The average Bonchev–Trinajstić information content (AvgIpc) is 3.81. The molecule has 1 aromatic carbocycles. The van der Waals surface area contributed by atoms with Gasteiger partial charge in [0, 0.05) is 58.3 Å². The number of hydrogen-bond donors (Lipinski definition) is 2. The zero-order chi connectivity index (χ0) is 36.0. The number of piperazine rings is 1. The van der Waals surface area contributed by atoms with Crippen LogP contribution < -0.4 is 10.1 Å². The molecule has 2 aliphatic rings. The van der Waals surface area contributed by atoms with Crippen LogP contribution in [0.1, 0.15) is 70.4 Å². The normalized spacial score (nSPS) is 19.1. The minimum absolute atomic E-state index is 0.0621. The zero-order valence-electron chi connectivity index (χ0n) is 29.9. The van der Waals surface area contributed by atoms with Crippen LogP contribution in [0.4, 0.5) is 4.79 Å². The molecule has 2 aromatic heterocycles. The molecule has 0 saturated carbocycles. The topological polar surface area (TPSA) is 151 Å². The Morgan fingerprint density at radius 2 is 1.84 bits per heavy atom. The van der Waals surface area contributed by atoms with Crippen LogP contribution in [0, 0.1) is 12.8 Å². The molecule has 0 spiro atoms. The lowest BCUT2D eigenvalue weighted by atomic mass is 9.91. The summed E-state index contributed by atoms with van der Waals surface area (Å²) in [5, 5.41) is 17.5. The molecule has 2 aliphatic heterocycles. The summed E-state index contributed by atoms with van der Waals surface area (Å²) >= 11 is 1.59. The van der Waals surface area contributed by atoms with E-state index in [-0.39, 0.29) is 36.8 Å². The van der Waals surface area contributed by atoms with E-state index in [0.29, 0.717) is 37.9 Å². The lowest BCUT2D eigenvalue weighted by Crippen LogP contribution is -2.50. The fraction of sp³-hybridized carbons (Fsp3) is 0.583. The predicted molar refractivity (Wildman–Crippen MR) is 189 cm³/mol. The fourth-order valence-corrected chi connectivity index (χ4v) is 7.12. The second-order valence-corrected chi connectivity index (χ2v) is 15.2. The second kappa shape index (κ2) is 16.3. The van der Waals surface area contributed by atoms with Gasteiger partial charge in [0.25, 0.3) is 5.88 Å². The molecule has 272 valence electrons. The van der Waals surface area contributed by atoms with Crippen LogP contribution >= 0.6 is 11.3 Å². The van der Waals surface area contributed by atoms with Crippen LogP contribution in [0.5, 0.6) is 5.88 Å². The Morgan fingerprint density at radius 3 is 2.48 bits per heavy atom. The first-order valence-electron chi connectivity index (χ1n) is 17.3. The van der Waals surface area contributed by atoms with Crippen LogP contribution in [0.3, 0.4) is 0 Å². The largest absolute Gasteiger partial charge is 0.475 e. The Labute approximate surface area is 297 Å². The molecule has 1 unspecified atom stereocenters. The molecule has 50 heavy (non-hydrogen) atoms. The summed E-state index contributed by atoms with van der Waals surface area (Å²) in [6.45, 7) is 15.7. The summed E-state index contributed by atoms with van der Waals surface area (Å²) in [7, 11) is 0. The molecule has 0 radical (unpaired) electrons. The maximum Gasteiger partial charge on any atom is 0.410 e. The number of benzene rings is 1. The van der Waals surface area contributed by atoms with Crippen LogP contribution in [-0.4, -0.2) is 111 Å². The van der Waals surface area contributed by atoms with E-state index in [1.165, 1.54) is 4.90 Å². The molecule has 2 N–H and O–H groups in total. The molecule has 3 atom stereocenters. The number of rotatable bonds is 12. The standard InChI is InChI=1S/C36H50N6O7S/c1-23(2)31(29-19-30(39-49-29)47-17-7-12-40-13-15-41(16-14-40)35(46)48-36(4,5)6)34(45)42-21-27(43)18-28(42)33(44)37-20-25-8-10-26(11-9-25)32-24(3)38-22-50-32/h8-11,19,22-23,27-28,31,43H,7,12-18,20-21H2,1-6H3,(H,37,44)/t27-,28+,31?/m1/s1. The molecule has 0 bridgehead atoms. The van der Waals surface area contributed by atoms with Gasteiger partial charge in [-0.2, -0.15) is 0 Å². The van der Waals surface area contributed by atoms with Gasteiger partial charge >= 0.3 is 6.09 Å². The number of aliphatic hydroxyl groups excluding tert-OH is 1. The van der Waals surface area contributed by atoms with E-state index in [9.17, 15) is 19.5 Å². The van der Waals surface area contributed by atoms with Gasteiger partial charge in [-0.25, -0.2) is 9.78 Å². The van der Waals surface area contributed by atoms with Crippen molar-refractivity contribution in [2.45, 2.75) is 84.6 Å². The number of hydrogen-bond acceptors (Lipinski definition) is 11. The number of β-amino-alcohol motifs (C(OH)–C–C–N with tert-alkyl or cyclic N) is 1. The summed E-state index contributed by atoms with van der Waals surface area (Å²) < 4.78 is 16.9. The van der Waals surface area contributed by atoms with Gasteiger partial charge < -0.3 is 34.2 Å². The van der Waals surface area contributed by atoms with E-state index < -0.39 is 23.7 Å². The number of thiazole rings is 1. The SMILES string of the molecule is Cc1ncsc1-c1ccc(CNC(=O)[C@@H]2C[C@@H](O)CN2C(=O)C(c2cc(OCCCN3CCN(C(=O)OC(C)(C)C)CC3)no2)C(C)C)cc1. The van der Waals surface area contributed by atoms with Gasteiger partial charge in [0.15, 0.2) is 5.76 Å². The van der Waals surface area contributed by atoms with Gasteiger partial charge in [-0.05, 0) is 56.3 Å². The third kappa shape index (κ3) is 9.61. The van der Waals surface area contributed by atoms with Crippen molar-refractivity contribution in [3.05, 3.63) is 52.9 Å². The van der Waals surface area contributed by atoms with Gasteiger partial charge in [0.05, 0.1) is 28.8 Å². The van der Waals surface area contributed by atoms with Crippen LogP contribution in [0.25, 0.3) is 10.4 Å². The van der Waals surface area contributed by atoms with Gasteiger partial charge in [-0.15, -0.1) is 11.3 Å². The maximum atomic E-state index is 13.9. The van der Waals surface area contributed by atoms with Crippen molar-refractivity contribution < 1.29 is 33.5 Å². The fourth-order valence-electron chi connectivity index (χ4n) is 6.31. The second-order valence-electron chi connectivity index (χ2n) is 14.4. The Balaban J connectivity index is 1.10. The lowest BCUT2D eigenvalue weighted by Gasteiger charge is -2.35. The van der Waals surface area contributed by atoms with Crippen LogP contribution in [-0.2, 0) is 20.9 Å². The highest BCUT2D eigenvalue weighted by molar-refractivity contribution is 7.13. The van der Waals surface area contributed by atoms with E-state index >= 15 is 0 Å². The van der Waals surface area contributed by atoms with Gasteiger partial charge in [0.1, 0.15) is 17.6 Å². The van der Waals surface area contributed by atoms with E-state index in [2.05, 4.69) is 20.4 Å². The van der Waals surface area contributed by atoms with Gasteiger partial charge in [-0.3, -0.25) is 14.5 Å².